The molecule has 144 valence electrons. The van der Waals surface area contributed by atoms with E-state index < -0.39 is 6.10 Å². The molecule has 1 atom stereocenters. The topological polar surface area (TPSA) is 86.3 Å². The number of likely N-dealkylation sites (tertiary alicyclic amines) is 1. The average Bonchev–Trinajstić information content (AvgIpc) is 2.74. The van der Waals surface area contributed by atoms with Gasteiger partial charge < -0.3 is 15.0 Å². The van der Waals surface area contributed by atoms with Crippen molar-refractivity contribution in [2.24, 2.45) is 5.92 Å². The van der Waals surface area contributed by atoms with Gasteiger partial charge in [-0.3, -0.25) is 14.6 Å². The first-order chi connectivity index (χ1) is 13.5. The number of amides is 1. The van der Waals surface area contributed by atoms with E-state index in [4.69, 9.17) is 0 Å². The van der Waals surface area contributed by atoms with E-state index in [0.717, 1.165) is 11.1 Å². The number of hydrogen-bond donors (Lipinski definition) is 2. The third-order valence-corrected chi connectivity index (χ3v) is 5.53. The summed E-state index contributed by atoms with van der Waals surface area (Å²) >= 11 is 0. The number of aromatic nitrogens is 2. The molecule has 3 heterocycles. The number of nitrogens with one attached hydrogen (secondary N) is 1. The molecule has 1 fully saturated rings. The van der Waals surface area contributed by atoms with Crippen molar-refractivity contribution in [3.05, 3.63) is 75.8 Å². The lowest BCUT2D eigenvalue weighted by Gasteiger charge is -2.34. The van der Waals surface area contributed by atoms with Gasteiger partial charge >= 0.3 is 0 Å². The molecule has 2 aromatic heterocycles. The van der Waals surface area contributed by atoms with Crippen LogP contribution in [0.3, 0.4) is 0 Å². The number of aromatic amines is 1. The second-order valence-corrected chi connectivity index (χ2v) is 7.41. The molecule has 0 saturated carbocycles. The predicted molar refractivity (Wildman–Crippen MR) is 107 cm³/mol. The number of H-pyrrole nitrogens is 1. The molecule has 2 N–H and O–H groups in total. The molecule has 0 bridgehead atoms. The summed E-state index contributed by atoms with van der Waals surface area (Å²) in [6, 6.07) is 11.1. The van der Waals surface area contributed by atoms with Crippen LogP contribution in [0, 0.1) is 12.8 Å². The van der Waals surface area contributed by atoms with E-state index in [1.54, 1.807) is 17.2 Å². The van der Waals surface area contributed by atoms with Crippen molar-refractivity contribution in [3.8, 4) is 0 Å². The molecule has 1 unspecified atom stereocenters. The zero-order chi connectivity index (χ0) is 19.7. The largest absolute Gasteiger partial charge is 0.387 e. The van der Waals surface area contributed by atoms with Gasteiger partial charge in [0.15, 0.2) is 0 Å². The summed E-state index contributed by atoms with van der Waals surface area (Å²) in [6.07, 6.45) is 3.90. The molecular formula is C22H23N3O3. The molecule has 28 heavy (non-hydrogen) atoms. The number of hydrogen-bond acceptors (Lipinski definition) is 4. The molecule has 6 nitrogen and oxygen atoms in total. The lowest BCUT2D eigenvalue weighted by molar-refractivity contribution is 0.0446. The number of aliphatic hydroxyl groups excluding tert-OH is 1. The molecule has 1 aliphatic heterocycles. The van der Waals surface area contributed by atoms with E-state index in [2.05, 4.69) is 9.97 Å². The quantitative estimate of drug-likeness (QED) is 0.735. The Morgan fingerprint density at radius 3 is 2.75 bits per heavy atom. The Morgan fingerprint density at radius 2 is 2.04 bits per heavy atom. The smallest absolute Gasteiger partial charge is 0.259 e. The van der Waals surface area contributed by atoms with Gasteiger partial charge in [-0.2, -0.15) is 0 Å². The van der Waals surface area contributed by atoms with Crippen LogP contribution < -0.4 is 5.43 Å². The highest BCUT2D eigenvalue weighted by Crippen LogP contribution is 2.30. The zero-order valence-electron chi connectivity index (χ0n) is 15.8. The SMILES string of the molecule is Cc1ccc2[nH]cc(C(=O)N3CCC(C(O)c4ccccn4)CC3)c(=O)c2c1. The van der Waals surface area contributed by atoms with Gasteiger partial charge in [0.25, 0.3) is 5.91 Å². The van der Waals surface area contributed by atoms with Crippen molar-refractivity contribution in [1.82, 2.24) is 14.9 Å². The maximum absolute atomic E-state index is 12.9. The Balaban J connectivity index is 1.49. The number of carbonyl (C=O) groups excluding carboxylic acids is 1. The number of aryl methyl sites for hydroxylation is 1. The van der Waals surface area contributed by atoms with Gasteiger partial charge in [-0.1, -0.05) is 17.7 Å². The summed E-state index contributed by atoms with van der Waals surface area (Å²) in [4.78, 5) is 34.7. The fraction of sp³-hybridized carbons (Fsp3) is 0.318. The van der Waals surface area contributed by atoms with Crippen LogP contribution in [-0.2, 0) is 0 Å². The van der Waals surface area contributed by atoms with E-state index in [9.17, 15) is 14.7 Å². The number of piperidine rings is 1. The summed E-state index contributed by atoms with van der Waals surface area (Å²) in [5.41, 5.74) is 2.30. The average molecular weight is 377 g/mol. The van der Waals surface area contributed by atoms with Gasteiger partial charge in [0, 0.05) is 36.4 Å². The van der Waals surface area contributed by atoms with Crippen LogP contribution in [0.4, 0.5) is 0 Å². The van der Waals surface area contributed by atoms with Crippen LogP contribution in [-0.4, -0.2) is 39.0 Å². The molecule has 4 rings (SSSR count). The Bertz CT molecular complexity index is 1050. The molecule has 1 saturated heterocycles. The number of aliphatic hydroxyl groups is 1. The zero-order valence-corrected chi connectivity index (χ0v) is 15.8. The van der Waals surface area contributed by atoms with Crippen LogP contribution in [0.15, 0.2) is 53.6 Å². The van der Waals surface area contributed by atoms with Crippen LogP contribution in [0.5, 0.6) is 0 Å². The maximum Gasteiger partial charge on any atom is 0.259 e. The van der Waals surface area contributed by atoms with Gasteiger partial charge in [0.2, 0.25) is 5.43 Å². The molecule has 0 radical (unpaired) electrons. The highest BCUT2D eigenvalue weighted by molar-refractivity contribution is 5.97. The summed E-state index contributed by atoms with van der Waals surface area (Å²) in [6.45, 7) is 2.95. The molecule has 0 aliphatic carbocycles. The van der Waals surface area contributed by atoms with Crippen LogP contribution in [0.25, 0.3) is 10.9 Å². The Kier molecular flexibility index (Phi) is 4.96. The van der Waals surface area contributed by atoms with Crippen molar-refractivity contribution in [2.75, 3.05) is 13.1 Å². The fourth-order valence-corrected chi connectivity index (χ4v) is 3.87. The van der Waals surface area contributed by atoms with E-state index in [1.807, 2.05) is 37.3 Å². The third-order valence-electron chi connectivity index (χ3n) is 5.53. The summed E-state index contributed by atoms with van der Waals surface area (Å²) in [7, 11) is 0. The summed E-state index contributed by atoms with van der Waals surface area (Å²) < 4.78 is 0. The highest BCUT2D eigenvalue weighted by Gasteiger charge is 2.30. The lowest BCUT2D eigenvalue weighted by Crippen LogP contribution is -2.41. The van der Waals surface area contributed by atoms with Crippen molar-refractivity contribution in [2.45, 2.75) is 25.9 Å². The fourth-order valence-electron chi connectivity index (χ4n) is 3.87. The van der Waals surface area contributed by atoms with Gasteiger partial charge in [-0.15, -0.1) is 0 Å². The Hall–Kier alpha value is -2.99. The highest BCUT2D eigenvalue weighted by atomic mass is 16.3. The van der Waals surface area contributed by atoms with E-state index in [1.165, 1.54) is 6.20 Å². The molecule has 1 aliphatic rings. The van der Waals surface area contributed by atoms with Crippen LogP contribution >= 0.6 is 0 Å². The number of pyridine rings is 2. The van der Waals surface area contributed by atoms with Crippen molar-refractivity contribution in [1.29, 1.82) is 0 Å². The monoisotopic (exact) mass is 377 g/mol. The number of fused-ring (bicyclic) bond motifs is 1. The first-order valence-electron chi connectivity index (χ1n) is 9.55. The van der Waals surface area contributed by atoms with Gasteiger partial charge in [-0.25, -0.2) is 0 Å². The molecule has 6 heteroatoms. The second kappa shape index (κ2) is 7.56. The minimum atomic E-state index is -0.634. The first kappa shape index (κ1) is 18.4. The van der Waals surface area contributed by atoms with E-state index >= 15 is 0 Å². The minimum absolute atomic E-state index is 0.0523. The maximum atomic E-state index is 12.9. The minimum Gasteiger partial charge on any atom is -0.387 e. The van der Waals surface area contributed by atoms with Crippen molar-refractivity contribution in [3.63, 3.8) is 0 Å². The van der Waals surface area contributed by atoms with Gasteiger partial charge in [-0.05, 0) is 49.9 Å². The molecule has 1 amide bonds. The number of rotatable bonds is 3. The molecule has 1 aromatic carbocycles. The van der Waals surface area contributed by atoms with Crippen molar-refractivity contribution < 1.29 is 9.90 Å². The van der Waals surface area contributed by atoms with Gasteiger partial charge in [0.1, 0.15) is 5.56 Å². The summed E-state index contributed by atoms with van der Waals surface area (Å²) in [5.74, 6) is -0.202. The third kappa shape index (κ3) is 3.43. The number of carbonyl (C=O) groups is 1. The van der Waals surface area contributed by atoms with Crippen LogP contribution in [0.2, 0.25) is 0 Å². The Morgan fingerprint density at radius 1 is 1.25 bits per heavy atom. The molecule has 0 spiro atoms. The number of benzene rings is 1. The summed E-state index contributed by atoms with van der Waals surface area (Å²) in [5, 5.41) is 11.1. The molecule has 3 aromatic rings. The standard InChI is InChI=1S/C22H23N3O3/c1-14-5-6-18-16(12-14)21(27)17(13-24-18)22(28)25-10-7-15(8-11-25)20(26)19-4-2-3-9-23-19/h2-6,9,12-13,15,20,26H,7-8,10-11H2,1H3,(H,24,27). The number of nitrogens with zero attached hydrogens (tertiary/aromatic N) is 2. The van der Waals surface area contributed by atoms with E-state index in [0.29, 0.717) is 37.0 Å². The normalized spacial score (nSPS) is 16.3. The molecular weight excluding hydrogens is 354 g/mol. The predicted octanol–water partition coefficient (Wildman–Crippen LogP) is 2.82. The van der Waals surface area contributed by atoms with E-state index in [-0.39, 0.29) is 22.8 Å². The van der Waals surface area contributed by atoms with Gasteiger partial charge in [0.05, 0.1) is 11.8 Å². The first-order valence-corrected chi connectivity index (χ1v) is 9.55. The Labute approximate surface area is 162 Å². The second-order valence-electron chi connectivity index (χ2n) is 7.41. The van der Waals surface area contributed by atoms with Crippen LogP contribution in [0.1, 0.15) is 40.6 Å². The van der Waals surface area contributed by atoms with Crippen molar-refractivity contribution >= 4 is 16.8 Å². The lowest BCUT2D eigenvalue weighted by atomic mass is 9.89.